The molecule has 0 spiro atoms. The van der Waals surface area contributed by atoms with Gasteiger partial charge in [-0.05, 0) is 61.8 Å². The molecule has 236 valence electrons. The lowest BCUT2D eigenvalue weighted by molar-refractivity contribution is -0.143. The lowest BCUT2D eigenvalue weighted by Crippen LogP contribution is -2.55. The summed E-state index contributed by atoms with van der Waals surface area (Å²) in [5, 5.41) is 1.25. The van der Waals surface area contributed by atoms with Crippen LogP contribution in [0.4, 0.5) is 0 Å². The highest BCUT2D eigenvalue weighted by Gasteiger charge is 2.38. The largest absolute Gasteiger partial charge is 0.384 e. The van der Waals surface area contributed by atoms with E-state index < -0.39 is 16.1 Å². The van der Waals surface area contributed by atoms with Crippen molar-refractivity contribution < 1.29 is 27.5 Å². The van der Waals surface area contributed by atoms with E-state index in [4.69, 9.17) is 16.3 Å². The molecule has 5 rings (SSSR count). The van der Waals surface area contributed by atoms with E-state index in [1.165, 1.54) is 4.90 Å². The van der Waals surface area contributed by atoms with E-state index in [-0.39, 0.29) is 40.6 Å². The molecular weight excluding hydrogens is 614 g/mol. The van der Waals surface area contributed by atoms with Gasteiger partial charge in [-0.3, -0.25) is 19.3 Å². The molecule has 1 N–H and O–H groups in total. The third kappa shape index (κ3) is 7.51. The van der Waals surface area contributed by atoms with Crippen LogP contribution in [0.2, 0.25) is 5.02 Å². The zero-order valence-corrected chi connectivity index (χ0v) is 27.1. The Balaban J connectivity index is 1.15. The minimum Gasteiger partial charge on any atom is -0.384 e. The van der Waals surface area contributed by atoms with E-state index in [1.807, 2.05) is 16.8 Å². The highest BCUT2D eigenvalue weighted by atomic mass is 35.5. The molecule has 3 atom stereocenters. The zero-order chi connectivity index (χ0) is 30.7. The van der Waals surface area contributed by atoms with Crippen molar-refractivity contribution in [3.05, 3.63) is 29.3 Å². The molecule has 0 radical (unpaired) electrons. The first-order valence-electron chi connectivity index (χ1n) is 14.8. The number of nitrogens with zero attached hydrogens (tertiary/aromatic N) is 4. The van der Waals surface area contributed by atoms with Gasteiger partial charge in [-0.15, -0.1) is 11.3 Å². The molecule has 43 heavy (non-hydrogen) atoms. The van der Waals surface area contributed by atoms with Gasteiger partial charge in [0.25, 0.3) is 10.0 Å². The van der Waals surface area contributed by atoms with E-state index in [1.54, 1.807) is 31.4 Å². The minimum absolute atomic E-state index is 0.0522. The summed E-state index contributed by atoms with van der Waals surface area (Å²) < 4.78 is 34.9. The Labute approximate surface area is 262 Å². The zero-order valence-electron chi connectivity index (χ0n) is 24.7. The summed E-state index contributed by atoms with van der Waals surface area (Å²) in [5.74, 6) is -0.401. The van der Waals surface area contributed by atoms with E-state index in [9.17, 15) is 22.8 Å². The predicted molar refractivity (Wildman–Crippen MR) is 166 cm³/mol. The summed E-state index contributed by atoms with van der Waals surface area (Å²) in [5.41, 5.74) is 0. The van der Waals surface area contributed by atoms with Crippen molar-refractivity contribution in [2.75, 3.05) is 60.0 Å². The Bertz CT molecular complexity index is 1450. The molecule has 4 heterocycles. The molecule has 11 nitrogen and oxygen atoms in total. The topological polar surface area (TPSA) is 120 Å². The number of hydrogen-bond donors (Lipinski definition) is 1. The Hall–Kier alpha value is -2.29. The van der Waals surface area contributed by atoms with Gasteiger partial charge in [-0.25, -0.2) is 8.42 Å². The highest BCUT2D eigenvalue weighted by Crippen LogP contribution is 2.31. The number of piperidine rings is 1. The molecule has 3 saturated heterocycles. The van der Waals surface area contributed by atoms with Gasteiger partial charge < -0.3 is 19.4 Å². The summed E-state index contributed by atoms with van der Waals surface area (Å²) in [6, 6.07) is 6.04. The van der Waals surface area contributed by atoms with Crippen molar-refractivity contribution in [3.8, 4) is 0 Å². The predicted octanol–water partition coefficient (Wildman–Crippen LogP) is 2.38. The summed E-state index contributed by atoms with van der Waals surface area (Å²) in [7, 11) is -0.497. The van der Waals surface area contributed by atoms with Crippen LogP contribution in [-0.4, -0.2) is 124 Å². The fourth-order valence-corrected chi connectivity index (χ4v) is 9.14. The summed E-state index contributed by atoms with van der Waals surface area (Å²) in [6.45, 7) is 3.78. The average molecular weight is 654 g/mol. The van der Waals surface area contributed by atoms with Crippen molar-refractivity contribution in [2.45, 2.75) is 60.9 Å². The number of rotatable bonds is 11. The van der Waals surface area contributed by atoms with Gasteiger partial charge in [0.1, 0.15) is 10.3 Å². The van der Waals surface area contributed by atoms with Crippen LogP contribution in [0.5, 0.6) is 0 Å². The van der Waals surface area contributed by atoms with Crippen molar-refractivity contribution in [2.24, 2.45) is 0 Å². The first kappa shape index (κ1) is 32.1. The van der Waals surface area contributed by atoms with E-state index in [0.717, 1.165) is 60.3 Å². The molecule has 0 bridgehead atoms. The highest BCUT2D eigenvalue weighted by molar-refractivity contribution is 7.91. The Morgan fingerprint density at radius 1 is 1.14 bits per heavy atom. The van der Waals surface area contributed by atoms with Crippen LogP contribution in [0.15, 0.2) is 28.5 Å². The van der Waals surface area contributed by atoms with Crippen molar-refractivity contribution in [1.29, 1.82) is 0 Å². The van der Waals surface area contributed by atoms with Crippen molar-refractivity contribution in [1.82, 2.24) is 24.3 Å². The molecule has 3 aliphatic rings. The van der Waals surface area contributed by atoms with E-state index >= 15 is 0 Å². The quantitative estimate of drug-likeness (QED) is 0.396. The van der Waals surface area contributed by atoms with E-state index in [0.29, 0.717) is 44.0 Å². The smallest absolute Gasteiger partial charge is 0.250 e. The second-order valence-corrected chi connectivity index (χ2v) is 15.1. The third-order valence-corrected chi connectivity index (χ3v) is 12.0. The van der Waals surface area contributed by atoms with Gasteiger partial charge in [0.2, 0.25) is 17.7 Å². The Kier molecular flexibility index (Phi) is 10.3. The van der Waals surface area contributed by atoms with Crippen LogP contribution in [0.3, 0.4) is 0 Å². The van der Waals surface area contributed by atoms with Crippen molar-refractivity contribution >= 4 is 60.8 Å². The average Bonchev–Trinajstić information content (AvgIpc) is 3.73. The lowest BCUT2D eigenvalue weighted by atomic mass is 10.1. The molecular formula is C29H40ClN5O6S2. The number of ether oxygens (including phenoxy) is 1. The van der Waals surface area contributed by atoms with Crippen molar-refractivity contribution in [3.63, 3.8) is 0 Å². The van der Waals surface area contributed by atoms with Gasteiger partial charge in [0, 0.05) is 68.7 Å². The monoisotopic (exact) mass is 653 g/mol. The maximum atomic E-state index is 13.4. The first-order valence-corrected chi connectivity index (χ1v) is 17.5. The number of likely N-dealkylation sites (N-methyl/N-ethyl adjacent to an activating group) is 1. The lowest BCUT2D eigenvalue weighted by Gasteiger charge is -2.35. The minimum atomic E-state index is -3.93. The number of nitrogens with one attached hydrogen (secondary N) is 1. The SMILES string of the molecule is COCCC(=O)N(C)C1CCN(C[C@@H]2CCCN2C(=O)CN2CCC[C@H](NS(=O)(=O)c3cc4cc(Cl)ccc4s3)C2=O)C1. The normalized spacial score (nSPS) is 23.4. The van der Waals surface area contributed by atoms with Gasteiger partial charge in [0.15, 0.2) is 0 Å². The molecule has 1 aromatic carbocycles. The molecule has 14 heteroatoms. The molecule has 3 aliphatic heterocycles. The maximum Gasteiger partial charge on any atom is 0.250 e. The van der Waals surface area contributed by atoms with Gasteiger partial charge in [-0.1, -0.05) is 11.6 Å². The summed E-state index contributed by atoms with van der Waals surface area (Å²) >= 11 is 7.18. The number of fused-ring (bicyclic) bond motifs is 1. The Morgan fingerprint density at radius 2 is 1.93 bits per heavy atom. The maximum absolute atomic E-state index is 13.4. The number of sulfonamides is 1. The van der Waals surface area contributed by atoms with Gasteiger partial charge in [-0.2, -0.15) is 4.72 Å². The number of methoxy groups -OCH3 is 1. The molecule has 0 saturated carbocycles. The van der Waals surface area contributed by atoms with E-state index in [2.05, 4.69) is 9.62 Å². The van der Waals surface area contributed by atoms with Crippen LogP contribution >= 0.6 is 22.9 Å². The van der Waals surface area contributed by atoms with Gasteiger partial charge in [0.05, 0.1) is 19.6 Å². The number of thiophene rings is 1. The number of hydrogen-bond acceptors (Lipinski definition) is 8. The van der Waals surface area contributed by atoms with Gasteiger partial charge >= 0.3 is 0 Å². The second kappa shape index (κ2) is 13.8. The molecule has 3 amide bonds. The fourth-order valence-electron chi connectivity index (χ4n) is 6.34. The molecule has 2 aromatic rings. The summed E-state index contributed by atoms with van der Waals surface area (Å²) in [6.07, 6.45) is 4.04. The second-order valence-electron chi connectivity index (χ2n) is 11.7. The number of carbonyl (C=O) groups is 3. The molecule has 0 aliphatic carbocycles. The number of carbonyl (C=O) groups excluding carboxylic acids is 3. The number of likely N-dealkylation sites (tertiary alicyclic amines) is 3. The number of benzene rings is 1. The summed E-state index contributed by atoms with van der Waals surface area (Å²) in [4.78, 5) is 46.7. The fraction of sp³-hybridized carbons (Fsp3) is 0.621. The van der Waals surface area contributed by atoms with Crippen LogP contribution in [0, 0.1) is 0 Å². The van der Waals surface area contributed by atoms with Crippen LogP contribution < -0.4 is 4.72 Å². The van der Waals surface area contributed by atoms with Crippen LogP contribution in [0.1, 0.15) is 38.5 Å². The number of amides is 3. The molecule has 1 unspecified atom stereocenters. The molecule has 3 fully saturated rings. The first-order chi connectivity index (χ1) is 20.6. The third-order valence-electron chi connectivity index (χ3n) is 8.75. The van der Waals surface area contributed by atoms with Crippen LogP contribution in [-0.2, 0) is 29.1 Å². The van der Waals surface area contributed by atoms with Crippen LogP contribution in [0.25, 0.3) is 10.1 Å². The Morgan fingerprint density at radius 3 is 2.72 bits per heavy atom. The molecule has 1 aromatic heterocycles. The standard InChI is InChI=1S/C29H40ClN5O6S2/c1-32(26(36)10-14-41-2)22-9-13-33(17-22)18-23-5-3-12-35(23)27(37)19-34-11-4-6-24(29(34)38)31-43(39,40)28-16-20-15-21(30)7-8-25(20)42-28/h7-8,15-16,22-24,31H,3-6,9-14,17-19H2,1-2H3/t22?,23-,24-/m0/s1. The number of halogens is 1.